The number of anilines is 1. The molecule has 0 saturated heterocycles. The predicted octanol–water partition coefficient (Wildman–Crippen LogP) is 5.65. The number of allylic oxidation sites excluding steroid dienone is 1. The number of pyridine rings is 2. The molecule has 2 heterocycles. The number of nitrogens with two attached hydrogens (primary N) is 1. The minimum atomic E-state index is -0.838. The highest BCUT2D eigenvalue weighted by molar-refractivity contribution is 9.10. The van der Waals surface area contributed by atoms with Crippen LogP contribution in [-0.2, 0) is 6.42 Å². The van der Waals surface area contributed by atoms with Crippen molar-refractivity contribution in [3.8, 4) is 0 Å². The van der Waals surface area contributed by atoms with Gasteiger partial charge in [-0.25, -0.2) is 0 Å². The zero-order chi connectivity index (χ0) is 20.2. The van der Waals surface area contributed by atoms with Crippen molar-refractivity contribution in [2.24, 2.45) is 5.41 Å². The standard InChI is InChI=1S/C11H12BrN.C10H13BrN2O/c1-11(2)4-3-9-8(5-11)6-13-7-10(9)12;1-10(2,14)4-3-7-8(11)5-13-6-9(7)12/h3-4,6-7H,5H2,1-2H3;3-6,14H,12H2,1-2H3/b;4-3+. The van der Waals surface area contributed by atoms with E-state index in [9.17, 15) is 5.11 Å². The second-order valence-corrected chi connectivity index (χ2v) is 9.51. The highest BCUT2D eigenvalue weighted by Crippen LogP contribution is 2.34. The maximum absolute atomic E-state index is 9.50. The minimum absolute atomic E-state index is 0.273. The van der Waals surface area contributed by atoms with Crippen molar-refractivity contribution in [1.82, 2.24) is 9.97 Å². The monoisotopic (exact) mass is 493 g/mol. The molecule has 1 aliphatic carbocycles. The van der Waals surface area contributed by atoms with Crippen LogP contribution < -0.4 is 5.73 Å². The molecule has 0 spiro atoms. The molecule has 0 radical (unpaired) electrons. The van der Waals surface area contributed by atoms with Crippen LogP contribution in [0.3, 0.4) is 0 Å². The van der Waals surface area contributed by atoms with Crippen LogP contribution in [0.25, 0.3) is 12.2 Å². The van der Waals surface area contributed by atoms with Gasteiger partial charge < -0.3 is 10.8 Å². The van der Waals surface area contributed by atoms with Crippen LogP contribution in [0.1, 0.15) is 44.4 Å². The first-order chi connectivity index (χ1) is 12.5. The Morgan fingerprint density at radius 1 is 1.11 bits per heavy atom. The Bertz CT molecular complexity index is 848. The number of fused-ring (bicyclic) bond motifs is 1. The van der Waals surface area contributed by atoms with E-state index in [1.165, 1.54) is 11.1 Å². The van der Waals surface area contributed by atoms with Gasteiger partial charge in [0.15, 0.2) is 0 Å². The minimum Gasteiger partial charge on any atom is -0.397 e. The topological polar surface area (TPSA) is 72.0 Å². The molecule has 0 aliphatic heterocycles. The molecule has 27 heavy (non-hydrogen) atoms. The lowest BCUT2D eigenvalue weighted by Gasteiger charge is -2.25. The molecule has 2 aromatic heterocycles. The Morgan fingerprint density at radius 2 is 1.74 bits per heavy atom. The van der Waals surface area contributed by atoms with Gasteiger partial charge in [0.1, 0.15) is 0 Å². The summed E-state index contributed by atoms with van der Waals surface area (Å²) in [7, 11) is 0. The van der Waals surface area contributed by atoms with Crippen LogP contribution in [-0.4, -0.2) is 20.7 Å². The highest BCUT2D eigenvalue weighted by Gasteiger charge is 2.21. The molecule has 3 N–H and O–H groups in total. The van der Waals surface area contributed by atoms with Gasteiger partial charge in [0.25, 0.3) is 0 Å². The predicted molar refractivity (Wildman–Crippen MR) is 120 cm³/mol. The Labute approximate surface area is 177 Å². The molecule has 0 atom stereocenters. The van der Waals surface area contributed by atoms with E-state index in [-0.39, 0.29) is 5.41 Å². The zero-order valence-corrected chi connectivity index (χ0v) is 19.2. The summed E-state index contributed by atoms with van der Waals surface area (Å²) >= 11 is 6.85. The lowest BCUT2D eigenvalue weighted by molar-refractivity contribution is 0.134. The summed E-state index contributed by atoms with van der Waals surface area (Å²) in [4.78, 5) is 8.10. The molecule has 144 valence electrons. The van der Waals surface area contributed by atoms with Gasteiger partial charge in [-0.05, 0) is 68.7 Å². The van der Waals surface area contributed by atoms with Gasteiger partial charge in [-0.15, -0.1) is 0 Å². The summed E-state index contributed by atoms with van der Waals surface area (Å²) in [6.07, 6.45) is 16.0. The van der Waals surface area contributed by atoms with Gasteiger partial charge in [0, 0.05) is 33.1 Å². The molecule has 3 rings (SSSR count). The number of hydrogen-bond acceptors (Lipinski definition) is 4. The Morgan fingerprint density at radius 3 is 2.37 bits per heavy atom. The Hall–Kier alpha value is -1.50. The van der Waals surface area contributed by atoms with Gasteiger partial charge in [-0.1, -0.05) is 38.2 Å². The van der Waals surface area contributed by atoms with Gasteiger partial charge in [-0.2, -0.15) is 0 Å². The number of aromatic nitrogens is 2. The van der Waals surface area contributed by atoms with Crippen molar-refractivity contribution in [2.45, 2.75) is 39.7 Å². The first-order valence-corrected chi connectivity index (χ1v) is 10.2. The average molecular weight is 495 g/mol. The fraction of sp³-hybridized carbons (Fsp3) is 0.333. The molecule has 0 unspecified atom stereocenters. The third-order valence-electron chi connectivity index (χ3n) is 4.00. The van der Waals surface area contributed by atoms with Gasteiger partial charge in [0.05, 0.1) is 17.5 Å². The number of hydrogen-bond donors (Lipinski definition) is 2. The number of nitrogen functional groups attached to an aromatic ring is 1. The first-order valence-electron chi connectivity index (χ1n) is 8.61. The van der Waals surface area contributed by atoms with E-state index < -0.39 is 5.60 Å². The zero-order valence-electron chi connectivity index (χ0n) is 16.0. The van der Waals surface area contributed by atoms with Crippen molar-refractivity contribution in [2.75, 3.05) is 5.73 Å². The summed E-state index contributed by atoms with van der Waals surface area (Å²) in [5.41, 5.74) is 9.20. The van der Waals surface area contributed by atoms with E-state index in [2.05, 4.69) is 67.8 Å². The molecule has 4 nitrogen and oxygen atoms in total. The molecular formula is C21H25Br2N3O. The van der Waals surface area contributed by atoms with Gasteiger partial charge in [-0.3, -0.25) is 9.97 Å². The third-order valence-corrected chi connectivity index (χ3v) is 5.26. The summed E-state index contributed by atoms with van der Waals surface area (Å²) in [6, 6.07) is 0. The SMILES string of the molecule is CC(C)(O)/C=C/c1c(N)cncc1Br.CC1(C)C=Cc2c(Br)cncc2C1. The normalized spacial score (nSPS) is 15.2. The summed E-state index contributed by atoms with van der Waals surface area (Å²) in [6.45, 7) is 7.89. The van der Waals surface area contributed by atoms with Crippen LogP contribution in [0, 0.1) is 5.41 Å². The van der Waals surface area contributed by atoms with Crippen molar-refractivity contribution in [3.05, 3.63) is 62.6 Å². The molecule has 0 amide bonds. The van der Waals surface area contributed by atoms with Crippen LogP contribution in [0.5, 0.6) is 0 Å². The second-order valence-electron chi connectivity index (χ2n) is 7.80. The molecular weight excluding hydrogens is 470 g/mol. The first kappa shape index (κ1) is 21.8. The average Bonchev–Trinajstić information content (AvgIpc) is 2.53. The van der Waals surface area contributed by atoms with Crippen LogP contribution in [0.15, 0.2) is 45.9 Å². The Balaban J connectivity index is 0.000000194. The van der Waals surface area contributed by atoms with E-state index in [1.54, 1.807) is 38.4 Å². The maximum atomic E-state index is 9.50. The van der Waals surface area contributed by atoms with Gasteiger partial charge in [0.2, 0.25) is 0 Å². The van der Waals surface area contributed by atoms with Crippen molar-refractivity contribution >= 4 is 49.7 Å². The highest BCUT2D eigenvalue weighted by atomic mass is 79.9. The smallest absolute Gasteiger partial charge is 0.0774 e. The fourth-order valence-corrected chi connectivity index (χ4v) is 3.58. The van der Waals surface area contributed by atoms with Crippen molar-refractivity contribution in [3.63, 3.8) is 0 Å². The quantitative estimate of drug-likeness (QED) is 0.565. The molecule has 0 fully saturated rings. The van der Waals surface area contributed by atoms with E-state index in [0.29, 0.717) is 5.69 Å². The van der Waals surface area contributed by atoms with Crippen molar-refractivity contribution < 1.29 is 5.11 Å². The van der Waals surface area contributed by atoms with Crippen molar-refractivity contribution in [1.29, 1.82) is 0 Å². The summed E-state index contributed by atoms with van der Waals surface area (Å²) < 4.78 is 1.91. The maximum Gasteiger partial charge on any atom is 0.0774 e. The third kappa shape index (κ3) is 6.55. The lowest BCUT2D eigenvalue weighted by Crippen LogP contribution is -2.15. The number of nitrogens with zero attached hydrogens (tertiary/aromatic N) is 2. The molecule has 6 heteroatoms. The molecule has 0 aromatic carbocycles. The lowest BCUT2D eigenvalue weighted by atomic mass is 9.80. The van der Waals surface area contributed by atoms with Crippen LogP contribution in [0.2, 0.25) is 0 Å². The van der Waals surface area contributed by atoms with E-state index in [4.69, 9.17) is 5.73 Å². The van der Waals surface area contributed by atoms with E-state index >= 15 is 0 Å². The molecule has 2 aromatic rings. The molecule has 0 bridgehead atoms. The fourth-order valence-electron chi connectivity index (χ4n) is 2.59. The molecule has 0 saturated carbocycles. The van der Waals surface area contributed by atoms with Crippen LogP contribution in [0.4, 0.5) is 5.69 Å². The molecule has 1 aliphatic rings. The number of rotatable bonds is 2. The largest absolute Gasteiger partial charge is 0.397 e. The summed E-state index contributed by atoms with van der Waals surface area (Å²) in [5.74, 6) is 0. The number of halogens is 2. The van der Waals surface area contributed by atoms with Crippen LogP contribution >= 0.6 is 31.9 Å². The Kier molecular flexibility index (Phi) is 7.00. The van der Waals surface area contributed by atoms with Gasteiger partial charge >= 0.3 is 0 Å². The number of aliphatic hydroxyl groups is 1. The summed E-state index contributed by atoms with van der Waals surface area (Å²) in [5, 5.41) is 9.50. The second kappa shape index (κ2) is 8.67. The van der Waals surface area contributed by atoms with E-state index in [0.717, 1.165) is 20.9 Å². The van der Waals surface area contributed by atoms with E-state index in [1.807, 2.05) is 12.4 Å².